The Labute approximate surface area is 243 Å². The molecule has 4 aromatic rings. The number of anilines is 1. The molecular weight excluding hydrogens is 538 g/mol. The molecule has 1 saturated heterocycles. The van der Waals surface area contributed by atoms with Gasteiger partial charge in [0.15, 0.2) is 5.82 Å². The van der Waals surface area contributed by atoms with E-state index in [0.717, 1.165) is 25.8 Å². The maximum absolute atomic E-state index is 13.2. The van der Waals surface area contributed by atoms with E-state index in [9.17, 15) is 20.0 Å². The fraction of sp³-hybridized carbons (Fsp3) is 0.188. The summed E-state index contributed by atoms with van der Waals surface area (Å²) in [5.74, 6) is -0.765. The molecule has 5 rings (SSSR count). The predicted molar refractivity (Wildman–Crippen MR) is 159 cm³/mol. The molecule has 2 heterocycles. The van der Waals surface area contributed by atoms with Gasteiger partial charge in [0, 0.05) is 29.3 Å². The highest BCUT2D eigenvalue weighted by atomic mass is 35.5. The van der Waals surface area contributed by atoms with Gasteiger partial charge in [-0.05, 0) is 67.4 Å². The summed E-state index contributed by atoms with van der Waals surface area (Å²) < 4.78 is 0. The van der Waals surface area contributed by atoms with Gasteiger partial charge in [-0.2, -0.15) is 5.26 Å². The van der Waals surface area contributed by atoms with E-state index in [1.165, 1.54) is 6.07 Å². The Morgan fingerprint density at radius 3 is 2.56 bits per heavy atom. The number of amides is 2. The molecule has 1 aliphatic heterocycles. The van der Waals surface area contributed by atoms with E-state index in [2.05, 4.69) is 27.0 Å². The molecule has 0 bridgehead atoms. The summed E-state index contributed by atoms with van der Waals surface area (Å²) >= 11 is 6.24. The van der Waals surface area contributed by atoms with Crippen LogP contribution in [-0.2, 0) is 0 Å². The van der Waals surface area contributed by atoms with Crippen molar-refractivity contribution in [1.82, 2.24) is 15.6 Å². The van der Waals surface area contributed by atoms with E-state index >= 15 is 0 Å². The number of carbonyl (C=O) groups excluding carboxylic acids is 2. The van der Waals surface area contributed by atoms with Crippen molar-refractivity contribution in [3.8, 4) is 34.2 Å². The van der Waals surface area contributed by atoms with Crippen LogP contribution in [0.4, 0.5) is 5.82 Å². The summed E-state index contributed by atoms with van der Waals surface area (Å²) in [6.07, 6.45) is 3.29. The molecule has 1 aliphatic rings. The van der Waals surface area contributed by atoms with Crippen molar-refractivity contribution in [1.29, 1.82) is 5.26 Å². The van der Waals surface area contributed by atoms with Crippen LogP contribution in [0.3, 0.4) is 0 Å². The molecule has 1 aromatic heterocycles. The molecule has 1 fully saturated rings. The van der Waals surface area contributed by atoms with Gasteiger partial charge in [-0.1, -0.05) is 54.4 Å². The minimum atomic E-state index is -0.538. The van der Waals surface area contributed by atoms with Crippen LogP contribution in [-0.4, -0.2) is 41.0 Å². The highest BCUT2D eigenvalue weighted by Crippen LogP contribution is 2.36. The van der Waals surface area contributed by atoms with Crippen molar-refractivity contribution in [2.45, 2.75) is 25.3 Å². The van der Waals surface area contributed by atoms with Gasteiger partial charge in [-0.3, -0.25) is 9.59 Å². The Bertz CT molecular complexity index is 1640. The zero-order valence-electron chi connectivity index (χ0n) is 22.2. The summed E-state index contributed by atoms with van der Waals surface area (Å²) in [6, 6.07) is 24.2. The first-order chi connectivity index (χ1) is 19.9. The summed E-state index contributed by atoms with van der Waals surface area (Å²) in [4.78, 5) is 30.8. The number of carbonyl (C=O) groups is 2. The molecule has 9 heteroatoms. The molecular formula is C32H28ClN5O3. The standard InChI is InChI=1S/C32H28ClN5O3/c33-27-13-3-1-11-23(27)32(41)38-30-26(18-34)25(17-28(37-30)24-12-2-4-14-29(24)39)20-8-7-9-21(16-20)31(40)36-19-22-10-5-6-15-35-22/h1-4,7-9,11-14,16-17,22,35,39H,5-6,10,15,19H2,(H,36,40)(H,37,38,41). The van der Waals surface area contributed by atoms with Crippen LogP contribution in [0.1, 0.15) is 45.5 Å². The van der Waals surface area contributed by atoms with Gasteiger partial charge in [0.25, 0.3) is 11.8 Å². The maximum Gasteiger partial charge on any atom is 0.258 e. The number of phenolic OH excluding ortho intramolecular Hbond substituents is 1. The molecule has 3 aromatic carbocycles. The van der Waals surface area contributed by atoms with Crippen LogP contribution in [0.5, 0.6) is 5.75 Å². The normalized spacial score (nSPS) is 14.6. The van der Waals surface area contributed by atoms with E-state index in [1.54, 1.807) is 72.8 Å². The third-order valence-corrected chi connectivity index (χ3v) is 7.35. The first-order valence-corrected chi connectivity index (χ1v) is 13.7. The smallest absolute Gasteiger partial charge is 0.258 e. The number of nitriles is 1. The van der Waals surface area contributed by atoms with Crippen molar-refractivity contribution >= 4 is 29.2 Å². The van der Waals surface area contributed by atoms with Crippen molar-refractivity contribution < 1.29 is 14.7 Å². The van der Waals surface area contributed by atoms with Crippen molar-refractivity contribution in [2.24, 2.45) is 0 Å². The Morgan fingerprint density at radius 2 is 1.80 bits per heavy atom. The Hall–Kier alpha value is -4.71. The number of pyridine rings is 1. The zero-order valence-corrected chi connectivity index (χ0v) is 22.9. The van der Waals surface area contributed by atoms with Gasteiger partial charge >= 0.3 is 0 Å². The van der Waals surface area contributed by atoms with Crippen LogP contribution >= 0.6 is 11.6 Å². The third kappa shape index (κ3) is 6.38. The Morgan fingerprint density at radius 1 is 1.00 bits per heavy atom. The molecule has 0 aliphatic carbocycles. The monoisotopic (exact) mass is 565 g/mol. The summed E-state index contributed by atoms with van der Waals surface area (Å²) in [7, 11) is 0. The number of piperidine rings is 1. The number of nitrogens with one attached hydrogen (secondary N) is 3. The summed E-state index contributed by atoms with van der Waals surface area (Å²) in [5, 5.41) is 30.2. The van der Waals surface area contributed by atoms with E-state index in [1.807, 2.05) is 0 Å². The average molecular weight is 566 g/mol. The van der Waals surface area contributed by atoms with E-state index in [0.29, 0.717) is 34.5 Å². The molecule has 0 saturated carbocycles. The number of halogens is 1. The van der Waals surface area contributed by atoms with Gasteiger partial charge < -0.3 is 21.1 Å². The lowest BCUT2D eigenvalue weighted by Gasteiger charge is -2.23. The number of benzene rings is 3. The first-order valence-electron chi connectivity index (χ1n) is 13.4. The molecule has 41 heavy (non-hydrogen) atoms. The minimum absolute atomic E-state index is 0.00593. The molecule has 1 atom stereocenters. The lowest BCUT2D eigenvalue weighted by atomic mass is 9.96. The fourth-order valence-electron chi connectivity index (χ4n) is 4.87. The Kier molecular flexibility index (Phi) is 8.59. The topological polar surface area (TPSA) is 127 Å². The molecule has 1 unspecified atom stereocenters. The molecule has 0 spiro atoms. The summed E-state index contributed by atoms with van der Waals surface area (Å²) in [6.45, 7) is 1.47. The van der Waals surface area contributed by atoms with E-state index in [-0.39, 0.29) is 39.7 Å². The zero-order chi connectivity index (χ0) is 28.8. The number of rotatable bonds is 7. The lowest BCUT2D eigenvalue weighted by molar-refractivity contribution is 0.0947. The number of hydrogen-bond donors (Lipinski definition) is 4. The summed E-state index contributed by atoms with van der Waals surface area (Å²) in [5.41, 5.74) is 2.54. The van der Waals surface area contributed by atoms with Crippen molar-refractivity contribution in [3.05, 3.63) is 101 Å². The van der Waals surface area contributed by atoms with Gasteiger partial charge in [0.1, 0.15) is 17.4 Å². The molecule has 8 nitrogen and oxygen atoms in total. The molecule has 4 N–H and O–H groups in total. The van der Waals surface area contributed by atoms with Crippen LogP contribution in [0.15, 0.2) is 78.9 Å². The minimum Gasteiger partial charge on any atom is -0.507 e. The average Bonchev–Trinajstić information content (AvgIpc) is 3.00. The second-order valence-electron chi connectivity index (χ2n) is 9.78. The largest absolute Gasteiger partial charge is 0.507 e. The van der Waals surface area contributed by atoms with Gasteiger partial charge in [0.05, 0.1) is 16.3 Å². The van der Waals surface area contributed by atoms with Crippen LogP contribution < -0.4 is 16.0 Å². The SMILES string of the molecule is N#Cc1c(-c2cccc(C(=O)NCC3CCCCN3)c2)cc(-c2ccccc2O)nc1NC(=O)c1ccccc1Cl. The first kappa shape index (κ1) is 27.8. The van der Waals surface area contributed by atoms with Gasteiger partial charge in [-0.15, -0.1) is 0 Å². The number of aromatic nitrogens is 1. The molecule has 0 radical (unpaired) electrons. The highest BCUT2D eigenvalue weighted by molar-refractivity contribution is 6.34. The second kappa shape index (κ2) is 12.6. The second-order valence-corrected chi connectivity index (χ2v) is 10.2. The number of para-hydroxylation sites is 1. The Balaban J connectivity index is 1.54. The predicted octanol–water partition coefficient (Wildman–Crippen LogP) is 5.77. The van der Waals surface area contributed by atoms with E-state index < -0.39 is 5.91 Å². The van der Waals surface area contributed by atoms with Crippen LogP contribution in [0, 0.1) is 11.3 Å². The van der Waals surface area contributed by atoms with Crippen molar-refractivity contribution in [2.75, 3.05) is 18.4 Å². The number of aromatic hydroxyl groups is 1. The van der Waals surface area contributed by atoms with Crippen LogP contribution in [0.25, 0.3) is 22.4 Å². The number of phenols is 1. The lowest BCUT2D eigenvalue weighted by Crippen LogP contribution is -2.43. The quantitative estimate of drug-likeness (QED) is 0.225. The molecule has 206 valence electrons. The number of hydrogen-bond acceptors (Lipinski definition) is 6. The number of nitrogens with zero attached hydrogens (tertiary/aromatic N) is 2. The third-order valence-electron chi connectivity index (χ3n) is 7.02. The molecule has 2 amide bonds. The fourth-order valence-corrected chi connectivity index (χ4v) is 5.09. The van der Waals surface area contributed by atoms with Gasteiger partial charge in [-0.25, -0.2) is 4.98 Å². The van der Waals surface area contributed by atoms with Gasteiger partial charge in [0.2, 0.25) is 0 Å². The maximum atomic E-state index is 13.2. The highest BCUT2D eigenvalue weighted by Gasteiger charge is 2.21. The van der Waals surface area contributed by atoms with Crippen LogP contribution in [0.2, 0.25) is 5.02 Å². The van der Waals surface area contributed by atoms with E-state index in [4.69, 9.17) is 11.6 Å². The van der Waals surface area contributed by atoms with Crippen molar-refractivity contribution in [3.63, 3.8) is 0 Å².